The van der Waals surface area contributed by atoms with Crippen LogP contribution in [0.1, 0.15) is 14.9 Å². The van der Waals surface area contributed by atoms with Crippen molar-refractivity contribution in [3.05, 3.63) is 34.3 Å². The van der Waals surface area contributed by atoms with E-state index in [2.05, 4.69) is 31.9 Å². The maximum absolute atomic E-state index is 8.66. The predicted octanol–water partition coefficient (Wildman–Crippen LogP) is 4.00. The summed E-state index contributed by atoms with van der Waals surface area (Å²) in [5.41, 5.74) is 1.37. The average Bonchev–Trinajstić information content (AvgIpc) is 2.04. The molecular weight excluding hydrogens is 305 g/mol. The number of hydrogen-bond donors (Lipinski definition) is 0. The Labute approximate surface area is 92.6 Å². The minimum atomic E-state index is -0.00852. The minimum absolute atomic E-state index is 0.00852. The number of rotatable bonds is 1. The van der Waals surface area contributed by atoms with Gasteiger partial charge in [0.05, 0.1) is 14.3 Å². The number of benzene rings is 1. The first-order valence-corrected chi connectivity index (χ1v) is 5.34. The van der Waals surface area contributed by atoms with Crippen molar-refractivity contribution in [1.82, 2.24) is 0 Å². The first-order chi connectivity index (χ1) is 5.66. The fourth-order valence-corrected chi connectivity index (χ4v) is 2.11. The zero-order valence-corrected chi connectivity index (χ0v) is 9.82. The van der Waals surface area contributed by atoms with E-state index in [0.717, 1.165) is 5.56 Å². The van der Waals surface area contributed by atoms with Gasteiger partial charge in [0.25, 0.3) is 0 Å². The van der Waals surface area contributed by atoms with Crippen LogP contribution in [0, 0.1) is 11.3 Å². The summed E-state index contributed by atoms with van der Waals surface area (Å²) in [6.07, 6.45) is 0. The van der Waals surface area contributed by atoms with E-state index in [1.54, 1.807) is 12.1 Å². The molecule has 0 unspecified atom stereocenters. The summed E-state index contributed by atoms with van der Waals surface area (Å²) in [4.78, 5) is 0. The maximum Gasteiger partial charge on any atom is 0.101 e. The molecule has 0 heterocycles. The number of halogens is 3. The van der Waals surface area contributed by atoms with Gasteiger partial charge >= 0.3 is 0 Å². The molecule has 12 heavy (non-hydrogen) atoms. The van der Waals surface area contributed by atoms with Crippen molar-refractivity contribution in [1.29, 1.82) is 5.26 Å². The fraction of sp³-hybridized carbons (Fsp3) is 0.125. The molecule has 0 saturated carbocycles. The van der Waals surface area contributed by atoms with Gasteiger partial charge in [0.2, 0.25) is 0 Å². The Morgan fingerprint density at radius 1 is 1.42 bits per heavy atom. The lowest BCUT2D eigenvalue weighted by Crippen LogP contribution is -1.85. The molecular formula is C8H4Br2ClN. The number of hydrogen-bond acceptors (Lipinski definition) is 1. The molecule has 1 aromatic carbocycles. The van der Waals surface area contributed by atoms with E-state index in [1.165, 1.54) is 0 Å². The SMILES string of the molecule is N#Cc1cccc(C(Br)Br)c1Cl. The maximum atomic E-state index is 8.66. The standard InChI is InChI=1S/C8H4Br2ClN/c9-8(10)6-3-1-2-5(4-12)7(6)11/h1-3,8H. The van der Waals surface area contributed by atoms with Gasteiger partial charge in [0.15, 0.2) is 0 Å². The van der Waals surface area contributed by atoms with E-state index in [4.69, 9.17) is 16.9 Å². The lowest BCUT2D eigenvalue weighted by Gasteiger charge is -2.05. The second-order valence-corrected chi connectivity index (χ2v) is 5.56. The highest BCUT2D eigenvalue weighted by Gasteiger charge is 2.10. The highest BCUT2D eigenvalue weighted by molar-refractivity contribution is 9.24. The largest absolute Gasteiger partial charge is 0.192 e. The third kappa shape index (κ3) is 2.01. The number of nitriles is 1. The van der Waals surface area contributed by atoms with Crippen molar-refractivity contribution in [2.75, 3.05) is 0 Å². The number of alkyl halides is 2. The molecule has 0 spiro atoms. The third-order valence-corrected chi connectivity index (χ3v) is 2.79. The van der Waals surface area contributed by atoms with Crippen molar-refractivity contribution in [3.63, 3.8) is 0 Å². The molecule has 1 rings (SSSR count). The van der Waals surface area contributed by atoms with E-state index in [0.29, 0.717) is 10.6 Å². The highest BCUT2D eigenvalue weighted by Crippen LogP contribution is 2.35. The highest BCUT2D eigenvalue weighted by atomic mass is 79.9. The Balaban J connectivity index is 3.25. The van der Waals surface area contributed by atoms with E-state index < -0.39 is 0 Å². The fourth-order valence-electron chi connectivity index (χ4n) is 0.805. The first-order valence-electron chi connectivity index (χ1n) is 3.13. The van der Waals surface area contributed by atoms with Crippen LogP contribution in [0.4, 0.5) is 0 Å². The normalized spacial score (nSPS) is 9.92. The van der Waals surface area contributed by atoms with E-state index in [-0.39, 0.29) is 3.74 Å². The summed E-state index contributed by atoms with van der Waals surface area (Å²) in [5.74, 6) is 0. The molecule has 1 aromatic rings. The van der Waals surface area contributed by atoms with Gasteiger partial charge < -0.3 is 0 Å². The molecule has 0 atom stereocenters. The zero-order chi connectivity index (χ0) is 9.14. The average molecular weight is 309 g/mol. The molecule has 0 aromatic heterocycles. The van der Waals surface area contributed by atoms with Crippen LogP contribution in [-0.2, 0) is 0 Å². The molecule has 0 N–H and O–H groups in total. The van der Waals surface area contributed by atoms with Crippen LogP contribution in [0.15, 0.2) is 18.2 Å². The Bertz CT molecular complexity index is 330. The van der Waals surface area contributed by atoms with Crippen LogP contribution in [-0.4, -0.2) is 0 Å². The zero-order valence-electron chi connectivity index (χ0n) is 5.89. The summed E-state index contributed by atoms with van der Waals surface area (Å²) >= 11 is 12.6. The second-order valence-electron chi connectivity index (χ2n) is 2.12. The van der Waals surface area contributed by atoms with Crippen molar-refractivity contribution in [3.8, 4) is 6.07 Å². The summed E-state index contributed by atoms with van der Waals surface area (Å²) in [7, 11) is 0. The molecule has 0 aliphatic carbocycles. The monoisotopic (exact) mass is 307 g/mol. The lowest BCUT2D eigenvalue weighted by molar-refractivity contribution is 1.39. The molecule has 0 aliphatic heterocycles. The summed E-state index contributed by atoms with van der Waals surface area (Å²) in [6, 6.07) is 7.36. The van der Waals surface area contributed by atoms with Gasteiger partial charge in [-0.25, -0.2) is 0 Å². The molecule has 0 radical (unpaired) electrons. The summed E-state index contributed by atoms with van der Waals surface area (Å²) < 4.78 is -0.00852. The topological polar surface area (TPSA) is 23.8 Å². The smallest absolute Gasteiger partial charge is 0.101 e. The molecule has 0 amide bonds. The third-order valence-electron chi connectivity index (χ3n) is 1.38. The molecule has 4 heteroatoms. The Hall–Kier alpha value is -0.0400. The van der Waals surface area contributed by atoms with E-state index in [1.807, 2.05) is 12.1 Å². The molecule has 1 nitrogen and oxygen atoms in total. The van der Waals surface area contributed by atoms with Crippen LogP contribution in [0.3, 0.4) is 0 Å². The van der Waals surface area contributed by atoms with Gasteiger partial charge in [-0.15, -0.1) is 0 Å². The first kappa shape index (κ1) is 10.0. The van der Waals surface area contributed by atoms with Crippen molar-refractivity contribution >= 4 is 43.5 Å². The summed E-state index contributed by atoms with van der Waals surface area (Å²) in [6.45, 7) is 0. The van der Waals surface area contributed by atoms with E-state index in [9.17, 15) is 0 Å². The van der Waals surface area contributed by atoms with Crippen LogP contribution >= 0.6 is 43.5 Å². The Morgan fingerprint density at radius 3 is 2.58 bits per heavy atom. The minimum Gasteiger partial charge on any atom is -0.192 e. The van der Waals surface area contributed by atoms with Gasteiger partial charge in [-0.2, -0.15) is 5.26 Å². The predicted molar refractivity (Wildman–Crippen MR) is 56.8 cm³/mol. The molecule has 0 bridgehead atoms. The van der Waals surface area contributed by atoms with Gasteiger partial charge in [-0.3, -0.25) is 0 Å². The quantitative estimate of drug-likeness (QED) is 0.719. The van der Waals surface area contributed by atoms with Gasteiger partial charge in [0, 0.05) is 0 Å². The molecule has 0 fully saturated rings. The second kappa shape index (κ2) is 4.27. The van der Waals surface area contributed by atoms with Crippen LogP contribution in [0.25, 0.3) is 0 Å². The number of nitrogens with zero attached hydrogens (tertiary/aromatic N) is 1. The van der Waals surface area contributed by atoms with Crippen molar-refractivity contribution in [2.24, 2.45) is 0 Å². The van der Waals surface area contributed by atoms with Gasteiger partial charge in [0.1, 0.15) is 6.07 Å². The summed E-state index contributed by atoms with van der Waals surface area (Å²) in [5, 5.41) is 9.16. The van der Waals surface area contributed by atoms with E-state index >= 15 is 0 Å². The van der Waals surface area contributed by atoms with Crippen LogP contribution in [0.2, 0.25) is 5.02 Å². The van der Waals surface area contributed by atoms with Crippen molar-refractivity contribution < 1.29 is 0 Å². The van der Waals surface area contributed by atoms with Crippen molar-refractivity contribution in [2.45, 2.75) is 3.74 Å². The Morgan fingerprint density at radius 2 is 2.08 bits per heavy atom. The van der Waals surface area contributed by atoms with Crippen LogP contribution < -0.4 is 0 Å². The van der Waals surface area contributed by atoms with Gasteiger partial charge in [-0.1, -0.05) is 55.6 Å². The molecule has 0 aliphatic rings. The molecule has 0 saturated heterocycles. The Kier molecular flexibility index (Phi) is 3.57. The molecule has 62 valence electrons. The lowest BCUT2D eigenvalue weighted by atomic mass is 10.1. The van der Waals surface area contributed by atoms with Crippen LogP contribution in [0.5, 0.6) is 0 Å². The van der Waals surface area contributed by atoms with Gasteiger partial charge in [-0.05, 0) is 11.6 Å².